The van der Waals surface area contributed by atoms with E-state index < -0.39 is 18.4 Å². The number of carbonyl (C=O) groups is 2. The molecule has 1 fully saturated rings. The molecule has 0 spiro atoms. The second kappa shape index (κ2) is 8.59. The zero-order valence-corrected chi connectivity index (χ0v) is 16.5. The lowest BCUT2D eigenvalue weighted by atomic mass is 10.0. The van der Waals surface area contributed by atoms with Gasteiger partial charge in [0.15, 0.2) is 0 Å². The number of ether oxygens (including phenoxy) is 1. The predicted octanol–water partition coefficient (Wildman–Crippen LogP) is 4.52. The fraction of sp³-hybridized carbons (Fsp3) is 0.364. The van der Waals surface area contributed by atoms with Gasteiger partial charge >= 0.3 is 0 Å². The first kappa shape index (κ1) is 20.8. The first-order valence-electron chi connectivity index (χ1n) is 9.61. The molecule has 154 valence electrons. The molecule has 0 aliphatic carbocycles. The summed E-state index contributed by atoms with van der Waals surface area (Å²) in [7, 11) is 0. The van der Waals surface area contributed by atoms with Gasteiger partial charge in [0.25, 0.3) is 17.7 Å². The second-order valence-corrected chi connectivity index (χ2v) is 7.13. The third-order valence-corrected chi connectivity index (χ3v) is 4.82. The van der Waals surface area contributed by atoms with Crippen molar-refractivity contribution in [2.75, 3.05) is 25.0 Å². The highest BCUT2D eigenvalue weighted by Crippen LogP contribution is 2.28. The number of hydrogen-bond acceptors (Lipinski definition) is 3. The fourth-order valence-electron chi connectivity index (χ4n) is 3.30. The first-order chi connectivity index (χ1) is 13.8. The molecule has 7 heteroatoms. The Kier molecular flexibility index (Phi) is 6.15. The molecule has 1 aliphatic rings. The van der Waals surface area contributed by atoms with Crippen molar-refractivity contribution in [2.24, 2.45) is 0 Å². The predicted molar refractivity (Wildman–Crippen MR) is 107 cm³/mol. The normalized spacial score (nSPS) is 15.7. The van der Waals surface area contributed by atoms with E-state index in [9.17, 15) is 18.4 Å². The van der Waals surface area contributed by atoms with E-state index in [4.69, 9.17) is 4.74 Å². The van der Waals surface area contributed by atoms with Crippen LogP contribution in [0, 0.1) is 6.92 Å². The summed E-state index contributed by atoms with van der Waals surface area (Å²) in [4.78, 5) is 26.5. The maximum atomic E-state index is 13.7. The number of alkyl halides is 2. The highest BCUT2D eigenvalue weighted by molar-refractivity contribution is 6.05. The Hall–Kier alpha value is -2.96. The molecule has 0 atom stereocenters. The van der Waals surface area contributed by atoms with Gasteiger partial charge in [-0.1, -0.05) is 12.1 Å². The lowest BCUT2D eigenvalue weighted by Gasteiger charge is -2.32. The number of piperidine rings is 1. The van der Waals surface area contributed by atoms with Gasteiger partial charge in [-0.2, -0.15) is 0 Å². The molecule has 2 aromatic rings. The summed E-state index contributed by atoms with van der Waals surface area (Å²) >= 11 is 0. The summed E-state index contributed by atoms with van der Waals surface area (Å²) < 4.78 is 32.7. The Bertz CT molecular complexity index is 915. The van der Waals surface area contributed by atoms with Crippen LogP contribution >= 0.6 is 0 Å². The molecule has 0 bridgehead atoms. The van der Waals surface area contributed by atoms with Crippen LogP contribution < -0.4 is 10.1 Å². The summed E-state index contributed by atoms with van der Waals surface area (Å²) in [5.41, 5.74) is 1.92. The van der Waals surface area contributed by atoms with E-state index in [0.29, 0.717) is 30.2 Å². The first-order valence-corrected chi connectivity index (χ1v) is 9.61. The molecule has 2 aromatic carbocycles. The van der Waals surface area contributed by atoms with Crippen molar-refractivity contribution >= 4 is 17.5 Å². The molecule has 1 heterocycles. The number of hydrogen-bond donors (Lipinski definition) is 1. The minimum Gasteiger partial charge on any atom is -0.494 e. The van der Waals surface area contributed by atoms with Gasteiger partial charge in [0.1, 0.15) is 5.75 Å². The Labute approximate surface area is 168 Å². The van der Waals surface area contributed by atoms with Crippen LogP contribution in [0.4, 0.5) is 14.5 Å². The van der Waals surface area contributed by atoms with Crippen LogP contribution in [-0.2, 0) is 0 Å². The minimum atomic E-state index is -2.86. The third kappa shape index (κ3) is 5.10. The third-order valence-electron chi connectivity index (χ3n) is 4.82. The molecule has 0 radical (unpaired) electrons. The molecular weight excluding hydrogens is 378 g/mol. The number of nitrogens with zero attached hydrogens (tertiary/aromatic N) is 1. The van der Waals surface area contributed by atoms with E-state index in [1.54, 1.807) is 43.3 Å². The zero-order chi connectivity index (χ0) is 21.0. The molecule has 1 N–H and O–H groups in total. The van der Waals surface area contributed by atoms with Gasteiger partial charge < -0.3 is 15.0 Å². The molecule has 1 aliphatic heterocycles. The number of anilines is 1. The van der Waals surface area contributed by atoms with Crippen LogP contribution in [0.25, 0.3) is 0 Å². The zero-order valence-electron chi connectivity index (χ0n) is 16.5. The number of halogens is 2. The summed E-state index contributed by atoms with van der Waals surface area (Å²) in [6.07, 6.45) is 0.0666. The Balaban J connectivity index is 1.78. The molecule has 1 saturated heterocycles. The van der Waals surface area contributed by atoms with Crippen molar-refractivity contribution in [3.63, 3.8) is 0 Å². The minimum absolute atomic E-state index is 0.202. The fourth-order valence-corrected chi connectivity index (χ4v) is 3.30. The molecule has 3 rings (SSSR count). The SMILES string of the molecule is CCOc1cccc(C(=O)Nc2cc(C(=O)N3CCCC(F)(F)C3)ccc2C)c1. The molecule has 5 nitrogen and oxygen atoms in total. The molecule has 0 saturated carbocycles. The number of nitrogens with one attached hydrogen (secondary N) is 1. The Morgan fingerprint density at radius 2 is 1.97 bits per heavy atom. The number of carbonyl (C=O) groups excluding carboxylic acids is 2. The van der Waals surface area contributed by atoms with Crippen LogP contribution in [0.1, 0.15) is 46.0 Å². The van der Waals surface area contributed by atoms with Gasteiger partial charge in [-0.25, -0.2) is 8.78 Å². The van der Waals surface area contributed by atoms with E-state index in [2.05, 4.69) is 5.32 Å². The maximum Gasteiger partial charge on any atom is 0.265 e. The molecule has 29 heavy (non-hydrogen) atoms. The monoisotopic (exact) mass is 402 g/mol. The highest BCUT2D eigenvalue weighted by Gasteiger charge is 2.37. The summed E-state index contributed by atoms with van der Waals surface area (Å²) in [5, 5.41) is 2.80. The highest BCUT2D eigenvalue weighted by atomic mass is 19.3. The molecule has 0 aromatic heterocycles. The van der Waals surface area contributed by atoms with Gasteiger partial charge in [-0.15, -0.1) is 0 Å². The summed E-state index contributed by atoms with van der Waals surface area (Å²) in [6, 6.07) is 11.6. The molecule has 2 amide bonds. The van der Waals surface area contributed by atoms with E-state index in [0.717, 1.165) is 5.56 Å². The second-order valence-electron chi connectivity index (χ2n) is 7.13. The van der Waals surface area contributed by atoms with Crippen molar-refractivity contribution in [2.45, 2.75) is 32.6 Å². The number of rotatable bonds is 5. The van der Waals surface area contributed by atoms with Gasteiger partial charge in [0.05, 0.1) is 13.2 Å². The van der Waals surface area contributed by atoms with E-state index in [1.165, 1.54) is 11.0 Å². The van der Waals surface area contributed by atoms with Crippen molar-refractivity contribution in [3.05, 3.63) is 59.2 Å². The van der Waals surface area contributed by atoms with Crippen LogP contribution in [0.5, 0.6) is 5.75 Å². The standard InChI is InChI=1S/C22H24F2N2O3/c1-3-29-18-7-4-6-16(12-18)20(27)25-19-13-17(9-8-15(19)2)21(28)26-11-5-10-22(23,24)14-26/h4,6-9,12-13H,3,5,10-11,14H2,1-2H3,(H,25,27). The van der Waals surface area contributed by atoms with Crippen molar-refractivity contribution in [1.29, 1.82) is 0 Å². The van der Waals surface area contributed by atoms with Gasteiger partial charge in [0.2, 0.25) is 0 Å². The van der Waals surface area contributed by atoms with Crippen molar-refractivity contribution in [1.82, 2.24) is 4.90 Å². The number of aryl methyl sites for hydroxylation is 1. The average Bonchev–Trinajstić information content (AvgIpc) is 2.69. The quantitative estimate of drug-likeness (QED) is 0.800. The van der Waals surface area contributed by atoms with Crippen molar-refractivity contribution in [3.8, 4) is 5.75 Å². The number of benzene rings is 2. The number of amides is 2. The van der Waals surface area contributed by atoms with Crippen LogP contribution in [0.3, 0.4) is 0 Å². The van der Waals surface area contributed by atoms with E-state index >= 15 is 0 Å². The topological polar surface area (TPSA) is 58.6 Å². The van der Waals surface area contributed by atoms with Crippen molar-refractivity contribution < 1.29 is 23.1 Å². The van der Waals surface area contributed by atoms with Gasteiger partial charge in [-0.3, -0.25) is 9.59 Å². The van der Waals surface area contributed by atoms with Crippen LogP contribution in [0.2, 0.25) is 0 Å². The van der Waals surface area contributed by atoms with Gasteiger partial charge in [-0.05, 0) is 56.2 Å². The van der Waals surface area contributed by atoms with E-state index in [1.807, 2.05) is 6.92 Å². The summed E-state index contributed by atoms with van der Waals surface area (Å²) in [6.45, 7) is 3.87. The lowest BCUT2D eigenvalue weighted by molar-refractivity contribution is -0.0560. The summed E-state index contributed by atoms with van der Waals surface area (Å²) in [5.74, 6) is -3.07. The largest absolute Gasteiger partial charge is 0.494 e. The maximum absolute atomic E-state index is 13.7. The van der Waals surface area contributed by atoms with Gasteiger partial charge in [0, 0.05) is 29.8 Å². The lowest BCUT2D eigenvalue weighted by Crippen LogP contribution is -2.45. The average molecular weight is 402 g/mol. The van der Waals surface area contributed by atoms with Crippen LogP contribution in [-0.4, -0.2) is 42.3 Å². The Morgan fingerprint density at radius 1 is 1.17 bits per heavy atom. The van der Waals surface area contributed by atoms with E-state index in [-0.39, 0.29) is 24.3 Å². The molecule has 0 unspecified atom stereocenters. The number of likely N-dealkylation sites (tertiary alicyclic amines) is 1. The smallest absolute Gasteiger partial charge is 0.265 e. The van der Waals surface area contributed by atoms with Crippen LogP contribution in [0.15, 0.2) is 42.5 Å². The molecular formula is C22H24F2N2O3. The Morgan fingerprint density at radius 3 is 2.69 bits per heavy atom.